The van der Waals surface area contributed by atoms with E-state index >= 15 is 0 Å². The molecule has 0 radical (unpaired) electrons. The first-order valence-electron chi connectivity index (χ1n) is 18.6. The maximum atomic E-state index is 7.11. The van der Waals surface area contributed by atoms with Gasteiger partial charge in [0, 0.05) is 23.7 Å². The quantitative estimate of drug-likeness (QED) is 0.0971. The third-order valence-corrected chi connectivity index (χ3v) is 12.4. The van der Waals surface area contributed by atoms with Crippen LogP contribution in [0.25, 0.3) is 0 Å². The smallest absolute Gasteiger partial charge is 0.127 e. The van der Waals surface area contributed by atoms with Crippen LogP contribution in [-0.2, 0) is 31.1 Å². The third kappa shape index (κ3) is 9.50. The van der Waals surface area contributed by atoms with Gasteiger partial charge >= 0.3 is 0 Å². The number of likely N-dealkylation sites (tertiary alicyclic amines) is 1. The third-order valence-electron chi connectivity index (χ3n) is 10.3. The van der Waals surface area contributed by atoms with Gasteiger partial charge in [0.05, 0.1) is 0 Å². The summed E-state index contributed by atoms with van der Waals surface area (Å²) >= 11 is 0. The molecule has 49 heavy (non-hydrogen) atoms. The van der Waals surface area contributed by atoms with Crippen molar-refractivity contribution >= 4 is 13.9 Å². The van der Waals surface area contributed by atoms with Crippen LogP contribution >= 0.6 is 8.58 Å². The monoisotopic (exact) mass is 667 g/mol. The molecule has 2 unspecified atom stereocenters. The van der Waals surface area contributed by atoms with Crippen LogP contribution < -0.4 is 10.0 Å². The van der Waals surface area contributed by atoms with E-state index in [9.17, 15) is 0 Å². The second kappa shape index (κ2) is 17.8. The summed E-state index contributed by atoms with van der Waals surface area (Å²) in [5, 5.41) is 1.50. The number of ether oxygens (including phenoxy) is 1. The van der Waals surface area contributed by atoms with Crippen molar-refractivity contribution in [2.45, 2.75) is 89.9 Å². The summed E-state index contributed by atoms with van der Waals surface area (Å²) in [4.78, 5) is 2.68. The zero-order chi connectivity index (χ0) is 33.7. The summed E-state index contributed by atoms with van der Waals surface area (Å²) in [6.45, 7) is 8.82. The molecule has 254 valence electrons. The van der Waals surface area contributed by atoms with E-state index in [1.165, 1.54) is 89.4 Å². The maximum Gasteiger partial charge on any atom is 0.127 e. The highest BCUT2D eigenvalue weighted by molar-refractivity contribution is 7.48. The number of benzene rings is 5. The standard InChI is InChI=1S/C46H54NOP/c1-3-5-28-46(4-2,49-44-27-17-16-26-41(44)35-47-29-18-9-19-30-47)43-34-40(31-37-20-10-6-11-21-37)33-42(32-38-22-12-7-13-23-38)45(43)48-36-39-24-14-8-15-25-39/h6-8,10-17,20-27,33-34,49H,3-5,9,18-19,28-32,35-36H2,1-2H3. The van der Waals surface area contributed by atoms with E-state index in [-0.39, 0.29) is 5.16 Å². The molecule has 3 heteroatoms. The molecule has 0 bridgehead atoms. The van der Waals surface area contributed by atoms with Gasteiger partial charge in [-0.15, -0.1) is 0 Å². The molecular weight excluding hydrogens is 613 g/mol. The average Bonchev–Trinajstić information content (AvgIpc) is 3.15. The first-order valence-corrected chi connectivity index (χ1v) is 19.6. The molecule has 1 fully saturated rings. The molecule has 0 amide bonds. The van der Waals surface area contributed by atoms with Crippen LogP contribution in [0.4, 0.5) is 0 Å². The van der Waals surface area contributed by atoms with Gasteiger partial charge in [0.15, 0.2) is 0 Å². The van der Waals surface area contributed by atoms with E-state index in [4.69, 9.17) is 4.74 Å². The van der Waals surface area contributed by atoms with Crippen molar-refractivity contribution in [3.63, 3.8) is 0 Å². The van der Waals surface area contributed by atoms with Gasteiger partial charge in [-0.2, -0.15) is 0 Å². The SMILES string of the molecule is CCCCC(CC)(Pc1ccccc1CN1CCCCC1)c1cc(Cc2ccccc2)cc(Cc2ccccc2)c1OCc1ccccc1. The molecule has 1 aliphatic heterocycles. The highest BCUT2D eigenvalue weighted by atomic mass is 31.1. The molecule has 0 saturated carbocycles. The van der Waals surface area contributed by atoms with Crippen molar-refractivity contribution in [1.82, 2.24) is 4.90 Å². The Morgan fingerprint density at radius 1 is 0.633 bits per heavy atom. The van der Waals surface area contributed by atoms with Crippen molar-refractivity contribution in [1.29, 1.82) is 0 Å². The Labute approximate surface area is 297 Å². The van der Waals surface area contributed by atoms with Crippen LogP contribution in [0.1, 0.15) is 97.7 Å². The summed E-state index contributed by atoms with van der Waals surface area (Å²) in [5.41, 5.74) is 9.46. The fourth-order valence-corrected chi connectivity index (χ4v) is 9.30. The molecule has 0 aliphatic carbocycles. The summed E-state index contributed by atoms with van der Waals surface area (Å²) in [6.07, 6.45) is 10.4. The van der Waals surface area contributed by atoms with Crippen molar-refractivity contribution in [2.24, 2.45) is 0 Å². The molecule has 2 atom stereocenters. The summed E-state index contributed by atoms with van der Waals surface area (Å²) in [7, 11) is 0.662. The maximum absolute atomic E-state index is 7.11. The van der Waals surface area contributed by atoms with Gasteiger partial charge in [-0.25, -0.2) is 0 Å². The first-order chi connectivity index (χ1) is 24.2. The Balaban J connectivity index is 1.49. The van der Waals surface area contributed by atoms with Crippen molar-refractivity contribution in [3.05, 3.63) is 166 Å². The molecule has 2 nitrogen and oxygen atoms in total. The minimum Gasteiger partial charge on any atom is -0.488 e. The Kier molecular flexibility index (Phi) is 12.8. The van der Waals surface area contributed by atoms with Crippen LogP contribution in [0.3, 0.4) is 0 Å². The number of hydrogen-bond donors (Lipinski definition) is 0. The molecular formula is C46H54NOP. The highest BCUT2D eigenvalue weighted by Gasteiger charge is 2.35. The second-order valence-corrected chi connectivity index (χ2v) is 15.6. The van der Waals surface area contributed by atoms with Crippen LogP contribution in [0.15, 0.2) is 127 Å². The normalized spacial score (nSPS) is 15.0. The van der Waals surface area contributed by atoms with Crippen LogP contribution in [0, 0.1) is 0 Å². The largest absolute Gasteiger partial charge is 0.488 e. The van der Waals surface area contributed by atoms with E-state index in [2.05, 4.69) is 146 Å². The average molecular weight is 668 g/mol. The van der Waals surface area contributed by atoms with Gasteiger partial charge in [-0.05, 0) is 83.9 Å². The molecule has 5 aromatic carbocycles. The Bertz CT molecular complexity index is 1720. The van der Waals surface area contributed by atoms with Gasteiger partial charge in [-0.3, -0.25) is 4.90 Å². The fourth-order valence-electron chi connectivity index (χ4n) is 7.49. The zero-order valence-electron chi connectivity index (χ0n) is 29.7. The minimum absolute atomic E-state index is 0.0296. The lowest BCUT2D eigenvalue weighted by Crippen LogP contribution is -2.31. The summed E-state index contributed by atoms with van der Waals surface area (Å²) < 4.78 is 7.11. The van der Waals surface area contributed by atoms with Gasteiger partial charge in [0.1, 0.15) is 12.4 Å². The lowest BCUT2D eigenvalue weighted by molar-refractivity contribution is 0.221. The van der Waals surface area contributed by atoms with Crippen molar-refractivity contribution < 1.29 is 4.74 Å². The van der Waals surface area contributed by atoms with Crippen LogP contribution in [-0.4, -0.2) is 18.0 Å². The molecule has 6 rings (SSSR count). The van der Waals surface area contributed by atoms with E-state index in [1.807, 2.05) is 0 Å². The number of hydrogen-bond acceptors (Lipinski definition) is 2. The molecule has 0 N–H and O–H groups in total. The Morgan fingerprint density at radius 2 is 1.24 bits per heavy atom. The van der Waals surface area contributed by atoms with E-state index < -0.39 is 0 Å². The number of rotatable bonds is 16. The highest BCUT2D eigenvalue weighted by Crippen LogP contribution is 2.53. The molecule has 1 saturated heterocycles. The van der Waals surface area contributed by atoms with Crippen LogP contribution in [0.5, 0.6) is 5.75 Å². The number of piperidine rings is 1. The Morgan fingerprint density at radius 3 is 1.90 bits per heavy atom. The van der Waals surface area contributed by atoms with Gasteiger partial charge in [0.2, 0.25) is 0 Å². The fraction of sp³-hybridized carbons (Fsp3) is 0.348. The van der Waals surface area contributed by atoms with E-state index in [0.29, 0.717) is 15.2 Å². The van der Waals surface area contributed by atoms with Gasteiger partial charge in [0.25, 0.3) is 0 Å². The summed E-state index contributed by atoms with van der Waals surface area (Å²) in [6, 6.07) is 46.9. The van der Waals surface area contributed by atoms with Crippen molar-refractivity contribution in [2.75, 3.05) is 13.1 Å². The van der Waals surface area contributed by atoms with E-state index in [1.54, 1.807) is 0 Å². The zero-order valence-corrected chi connectivity index (χ0v) is 30.7. The molecule has 0 spiro atoms. The lowest BCUT2D eigenvalue weighted by atomic mass is 9.85. The van der Waals surface area contributed by atoms with E-state index in [0.717, 1.165) is 38.0 Å². The lowest BCUT2D eigenvalue weighted by Gasteiger charge is -2.37. The minimum atomic E-state index is -0.0296. The van der Waals surface area contributed by atoms with Gasteiger partial charge < -0.3 is 4.74 Å². The molecule has 5 aromatic rings. The predicted molar refractivity (Wildman–Crippen MR) is 211 cm³/mol. The van der Waals surface area contributed by atoms with Gasteiger partial charge in [-0.1, -0.05) is 169 Å². The number of nitrogens with zero attached hydrogens (tertiary/aromatic N) is 1. The first kappa shape index (κ1) is 35.1. The molecule has 1 aliphatic rings. The topological polar surface area (TPSA) is 12.5 Å². The Hall–Kier alpha value is -3.71. The molecule has 1 heterocycles. The second-order valence-electron chi connectivity index (χ2n) is 13.9. The van der Waals surface area contributed by atoms with Crippen LogP contribution in [0.2, 0.25) is 0 Å². The number of unbranched alkanes of at least 4 members (excludes halogenated alkanes) is 1. The van der Waals surface area contributed by atoms with Crippen molar-refractivity contribution in [3.8, 4) is 5.75 Å². The predicted octanol–water partition coefficient (Wildman–Crippen LogP) is 11.2. The molecule has 0 aromatic heterocycles. The summed E-state index contributed by atoms with van der Waals surface area (Å²) in [5.74, 6) is 1.10.